The van der Waals surface area contributed by atoms with E-state index in [4.69, 9.17) is 5.11 Å². The second-order valence-corrected chi connectivity index (χ2v) is 3.93. The molecule has 1 fully saturated rings. The predicted molar refractivity (Wildman–Crippen MR) is 49.9 cm³/mol. The number of aliphatic carboxylic acids is 1. The zero-order valence-electron chi connectivity index (χ0n) is 8.38. The van der Waals surface area contributed by atoms with E-state index >= 15 is 0 Å². The number of carboxylic acid groups (broad SMARTS) is 1. The summed E-state index contributed by atoms with van der Waals surface area (Å²) in [6, 6.07) is 0. The Morgan fingerprint density at radius 1 is 1.73 bits per heavy atom. The fourth-order valence-corrected chi connectivity index (χ4v) is 2.17. The Morgan fingerprint density at radius 3 is 2.80 bits per heavy atom. The zero-order valence-corrected chi connectivity index (χ0v) is 8.38. The molecule has 0 spiro atoms. The van der Waals surface area contributed by atoms with Crippen LogP contribution in [0.4, 0.5) is 0 Å². The molecule has 0 aromatic carbocycles. The highest BCUT2D eigenvalue weighted by Crippen LogP contribution is 2.34. The molecule has 0 aliphatic heterocycles. The maximum atomic E-state index is 11.4. The van der Waals surface area contributed by atoms with Crippen LogP contribution in [0.1, 0.15) is 19.8 Å². The van der Waals surface area contributed by atoms with Crippen molar-refractivity contribution in [1.82, 2.24) is 0 Å². The number of hydrogen-bond acceptors (Lipinski definition) is 4. The van der Waals surface area contributed by atoms with E-state index in [1.165, 1.54) is 6.92 Å². The monoisotopic (exact) mass is 215 g/mol. The van der Waals surface area contributed by atoms with Crippen molar-refractivity contribution in [3.63, 3.8) is 0 Å². The molecule has 15 heavy (non-hydrogen) atoms. The van der Waals surface area contributed by atoms with Crippen LogP contribution in [0.3, 0.4) is 0 Å². The molecular weight excluding hydrogens is 202 g/mol. The second-order valence-electron chi connectivity index (χ2n) is 3.93. The van der Waals surface area contributed by atoms with Crippen molar-refractivity contribution >= 4 is 11.8 Å². The molecule has 0 aromatic heterocycles. The van der Waals surface area contributed by atoms with Gasteiger partial charge in [0.2, 0.25) is 6.54 Å². The Kier molecular flexibility index (Phi) is 3.39. The van der Waals surface area contributed by atoms with Gasteiger partial charge in [0.25, 0.3) is 0 Å². The number of Topliss-reactive ketones (excluding diaryl/α,β-unsaturated/α-hetero) is 1. The molecule has 0 saturated heterocycles. The fraction of sp³-hybridized carbons (Fsp3) is 0.778. The molecule has 0 amide bonds. The van der Waals surface area contributed by atoms with Gasteiger partial charge in [-0.15, -0.1) is 0 Å². The summed E-state index contributed by atoms with van der Waals surface area (Å²) in [4.78, 5) is 32.0. The van der Waals surface area contributed by atoms with Gasteiger partial charge in [0.05, 0.1) is 5.92 Å². The molecule has 6 nitrogen and oxygen atoms in total. The van der Waals surface area contributed by atoms with Crippen molar-refractivity contribution in [2.45, 2.75) is 19.8 Å². The van der Waals surface area contributed by atoms with Crippen molar-refractivity contribution < 1.29 is 19.6 Å². The van der Waals surface area contributed by atoms with Crippen LogP contribution in [0.15, 0.2) is 0 Å². The number of ketones is 1. The Morgan fingerprint density at radius 2 is 2.33 bits per heavy atom. The van der Waals surface area contributed by atoms with Crippen LogP contribution >= 0.6 is 0 Å². The summed E-state index contributed by atoms with van der Waals surface area (Å²) in [5, 5.41) is 19.1. The minimum absolute atomic E-state index is 0.156. The molecule has 1 N–H and O–H groups in total. The number of rotatable bonds is 4. The Bertz CT molecular complexity index is 301. The molecular formula is C9H13NO5. The van der Waals surface area contributed by atoms with Crippen LogP contribution in [-0.4, -0.2) is 28.3 Å². The Hall–Kier alpha value is -1.46. The smallest absolute Gasteiger partial charge is 0.306 e. The molecule has 1 rings (SSSR count). The van der Waals surface area contributed by atoms with Gasteiger partial charge in [-0.05, 0) is 6.42 Å². The van der Waals surface area contributed by atoms with E-state index in [1.54, 1.807) is 0 Å². The fourth-order valence-electron chi connectivity index (χ4n) is 2.17. The average Bonchev–Trinajstić information content (AvgIpc) is 2.45. The lowest BCUT2D eigenvalue weighted by Crippen LogP contribution is -2.31. The predicted octanol–water partition coefficient (Wildman–Crippen LogP) is 0.579. The highest BCUT2D eigenvalue weighted by molar-refractivity contribution is 5.88. The van der Waals surface area contributed by atoms with Gasteiger partial charge < -0.3 is 5.11 Å². The summed E-state index contributed by atoms with van der Waals surface area (Å²) >= 11 is 0. The number of nitrogens with zero attached hydrogens (tertiary/aromatic N) is 1. The van der Waals surface area contributed by atoms with Crippen LogP contribution < -0.4 is 0 Å². The highest BCUT2D eigenvalue weighted by atomic mass is 16.6. The second kappa shape index (κ2) is 4.37. The average molecular weight is 215 g/mol. The normalized spacial score (nSPS) is 27.7. The topological polar surface area (TPSA) is 97.5 Å². The van der Waals surface area contributed by atoms with E-state index in [2.05, 4.69) is 0 Å². The first-order valence-corrected chi connectivity index (χ1v) is 4.80. The molecule has 1 aliphatic carbocycles. The molecule has 1 saturated carbocycles. The van der Waals surface area contributed by atoms with E-state index in [-0.39, 0.29) is 18.7 Å². The molecule has 3 unspecified atom stereocenters. The first kappa shape index (κ1) is 11.6. The Balaban J connectivity index is 2.76. The molecule has 3 atom stereocenters. The number of carboxylic acids is 1. The van der Waals surface area contributed by atoms with Crippen molar-refractivity contribution in [3.05, 3.63) is 10.1 Å². The molecule has 0 heterocycles. The third kappa shape index (κ3) is 2.51. The summed E-state index contributed by atoms with van der Waals surface area (Å²) in [6.45, 7) is 1.12. The molecule has 84 valence electrons. The quantitative estimate of drug-likeness (QED) is 0.546. The van der Waals surface area contributed by atoms with Gasteiger partial charge >= 0.3 is 5.97 Å². The lowest BCUT2D eigenvalue weighted by molar-refractivity contribution is -0.489. The first-order chi connectivity index (χ1) is 6.93. The van der Waals surface area contributed by atoms with Crippen LogP contribution in [0, 0.1) is 27.9 Å². The van der Waals surface area contributed by atoms with Crippen LogP contribution in [-0.2, 0) is 9.59 Å². The van der Waals surface area contributed by atoms with Crippen molar-refractivity contribution in [2.75, 3.05) is 6.54 Å². The summed E-state index contributed by atoms with van der Waals surface area (Å²) in [5.41, 5.74) is 0. The maximum Gasteiger partial charge on any atom is 0.306 e. The third-order valence-electron chi connectivity index (χ3n) is 2.95. The third-order valence-corrected chi connectivity index (χ3v) is 2.95. The number of carbonyl (C=O) groups is 2. The van der Waals surface area contributed by atoms with Gasteiger partial charge in [-0.1, -0.05) is 6.92 Å². The van der Waals surface area contributed by atoms with E-state index in [9.17, 15) is 19.7 Å². The number of hydrogen-bond donors (Lipinski definition) is 1. The zero-order chi connectivity index (χ0) is 11.6. The lowest BCUT2D eigenvalue weighted by Gasteiger charge is -2.18. The number of carbonyl (C=O) groups excluding carboxylic acids is 1. The van der Waals surface area contributed by atoms with E-state index in [1.807, 2.05) is 0 Å². The maximum absolute atomic E-state index is 11.4. The minimum atomic E-state index is -1.07. The van der Waals surface area contributed by atoms with Gasteiger partial charge in [-0.3, -0.25) is 19.7 Å². The van der Waals surface area contributed by atoms with Crippen LogP contribution in [0.25, 0.3) is 0 Å². The molecule has 0 aromatic rings. The standard InChI is InChI=1S/C9H13NO5/c1-5(9(12)13)8-6(4-10(14)15)2-3-7(8)11/h5-6,8H,2-4H2,1H3,(H,12,13). The van der Waals surface area contributed by atoms with Crippen LogP contribution in [0.5, 0.6) is 0 Å². The van der Waals surface area contributed by atoms with Crippen molar-refractivity contribution in [2.24, 2.45) is 17.8 Å². The van der Waals surface area contributed by atoms with E-state index in [0.717, 1.165) is 0 Å². The van der Waals surface area contributed by atoms with E-state index < -0.39 is 28.6 Å². The van der Waals surface area contributed by atoms with Crippen molar-refractivity contribution in [3.8, 4) is 0 Å². The van der Waals surface area contributed by atoms with Gasteiger partial charge in [0.1, 0.15) is 5.78 Å². The lowest BCUT2D eigenvalue weighted by atomic mass is 9.84. The molecule has 0 bridgehead atoms. The van der Waals surface area contributed by atoms with Gasteiger partial charge in [-0.2, -0.15) is 0 Å². The largest absolute Gasteiger partial charge is 0.481 e. The van der Waals surface area contributed by atoms with Gasteiger partial charge in [0, 0.05) is 23.2 Å². The van der Waals surface area contributed by atoms with Gasteiger partial charge in [-0.25, -0.2) is 0 Å². The summed E-state index contributed by atoms with van der Waals surface area (Å²) in [5.74, 6) is -3.16. The SMILES string of the molecule is CC(C(=O)O)C1C(=O)CCC1C[N+](=O)[O-]. The van der Waals surface area contributed by atoms with Crippen molar-refractivity contribution in [1.29, 1.82) is 0 Å². The van der Waals surface area contributed by atoms with Gasteiger partial charge in [0.15, 0.2) is 0 Å². The molecule has 6 heteroatoms. The number of nitro groups is 1. The van der Waals surface area contributed by atoms with Crippen LogP contribution in [0.2, 0.25) is 0 Å². The molecule has 0 radical (unpaired) electrons. The van der Waals surface area contributed by atoms with E-state index in [0.29, 0.717) is 6.42 Å². The Labute approximate surface area is 86.4 Å². The summed E-state index contributed by atoms with van der Waals surface area (Å²) < 4.78 is 0. The summed E-state index contributed by atoms with van der Waals surface area (Å²) in [6.07, 6.45) is 0.697. The molecule has 1 aliphatic rings. The summed E-state index contributed by atoms with van der Waals surface area (Å²) in [7, 11) is 0. The minimum Gasteiger partial charge on any atom is -0.481 e. The highest BCUT2D eigenvalue weighted by Gasteiger charge is 2.43. The first-order valence-electron chi connectivity index (χ1n) is 4.80.